The molecule has 1 radical (unpaired) electrons. The van der Waals surface area contributed by atoms with Gasteiger partial charge in [-0.2, -0.15) is 7.05 Å². The van der Waals surface area contributed by atoms with E-state index in [9.17, 15) is 0 Å². The Labute approximate surface area is 39.5 Å². The van der Waals surface area contributed by atoms with Crippen LogP contribution >= 0.6 is 0 Å². The van der Waals surface area contributed by atoms with Crippen LogP contribution in [0.3, 0.4) is 0 Å². The molecule has 0 aromatic rings. The summed E-state index contributed by atoms with van der Waals surface area (Å²) in [5.74, 6) is 0. The molecule has 0 bridgehead atoms. The topological polar surface area (TPSA) is 23.8 Å². The first-order chi connectivity index (χ1) is 1.00. The van der Waals surface area contributed by atoms with Gasteiger partial charge in [-0.25, -0.2) is 0 Å². The fourth-order valence-electron chi connectivity index (χ4n) is 0. The predicted octanol–water partition coefficient (Wildman–Crippen LogP) is 1.12. The van der Waals surface area contributed by atoms with E-state index in [-0.39, 0.29) is 26.0 Å². The molecule has 2 heteroatoms. The quantitative estimate of drug-likeness (QED) is 0.403. The first-order valence-electron chi connectivity index (χ1n) is 0.500. The molecule has 1 nitrogen and oxygen atoms in total. The van der Waals surface area contributed by atoms with Crippen LogP contribution in [0, 0.1) is 7.43 Å². The van der Waals surface area contributed by atoms with Crippen molar-refractivity contribution in [1.29, 1.82) is 0 Å². The Hall–Kier alpha value is 0.544. The Morgan fingerprint density at radius 3 is 1.25 bits per heavy atom. The molecule has 0 saturated heterocycles. The molecule has 0 aliphatic rings. The summed E-state index contributed by atoms with van der Waals surface area (Å²) in [5, 5.41) is 0. The van der Waals surface area contributed by atoms with Crippen molar-refractivity contribution >= 4 is 0 Å². The molecular formula is C2H7NV. The van der Waals surface area contributed by atoms with Crippen molar-refractivity contribution in [3.63, 3.8) is 0 Å². The molecule has 0 aromatic carbocycles. The van der Waals surface area contributed by atoms with Crippen LogP contribution < -0.4 is 0 Å². The largest absolute Gasteiger partial charge is 2.00 e. The molecule has 0 spiro atoms. The normalized spacial score (nSPS) is 1.50. The van der Waals surface area contributed by atoms with Crippen molar-refractivity contribution in [3.8, 4) is 0 Å². The summed E-state index contributed by atoms with van der Waals surface area (Å²) >= 11 is 0. The second kappa shape index (κ2) is 77.4. The van der Waals surface area contributed by atoms with E-state index >= 15 is 0 Å². The van der Waals surface area contributed by atoms with Crippen LogP contribution in [0.4, 0.5) is 0 Å². The van der Waals surface area contributed by atoms with Crippen LogP contribution in [0.2, 0.25) is 0 Å². The third-order valence-corrected chi connectivity index (χ3v) is 0. The zero-order valence-electron chi connectivity index (χ0n) is 2.95. The molecule has 0 amide bonds. The minimum Gasteiger partial charge on any atom is -0.680 e. The zero-order valence-corrected chi connectivity index (χ0v) is 4.34. The molecule has 0 atom stereocenters. The van der Waals surface area contributed by atoms with E-state index in [1.54, 1.807) is 0 Å². The second-order valence-corrected chi connectivity index (χ2v) is 0. The first-order valence-corrected chi connectivity index (χ1v) is 0.500. The van der Waals surface area contributed by atoms with E-state index in [2.05, 4.69) is 0 Å². The number of hydrogen-bond acceptors (Lipinski definition) is 0. The van der Waals surface area contributed by atoms with E-state index in [1.165, 1.54) is 7.05 Å². The molecule has 0 unspecified atom stereocenters. The van der Waals surface area contributed by atoms with Gasteiger partial charge in [0.15, 0.2) is 0 Å². The summed E-state index contributed by atoms with van der Waals surface area (Å²) in [6.45, 7) is 0. The zero-order chi connectivity index (χ0) is 2.00. The van der Waals surface area contributed by atoms with Gasteiger partial charge in [-0.05, 0) is 0 Å². The fraction of sp³-hybridized carbons (Fsp3) is 0.500. The summed E-state index contributed by atoms with van der Waals surface area (Å²) in [7, 11) is 1.25. The van der Waals surface area contributed by atoms with Gasteiger partial charge in [-0.1, -0.05) is 0 Å². The van der Waals surface area contributed by atoms with Crippen LogP contribution in [0.1, 0.15) is 0 Å². The number of hydrogen-bond donors (Lipinski definition) is 0. The van der Waals surface area contributed by atoms with E-state index in [0.717, 1.165) is 0 Å². The summed E-state index contributed by atoms with van der Waals surface area (Å²) in [5.41, 5.74) is 5.75. The molecule has 1 N–H and O–H groups in total. The third kappa shape index (κ3) is 20.5. The predicted molar refractivity (Wildman–Crippen MR) is 16.7 cm³/mol. The Bertz CT molecular complexity index is 6.00. The Balaban J connectivity index is -0.00000000500. The van der Waals surface area contributed by atoms with Gasteiger partial charge < -0.3 is 13.2 Å². The van der Waals surface area contributed by atoms with Crippen LogP contribution in [0.15, 0.2) is 0 Å². The van der Waals surface area contributed by atoms with Gasteiger partial charge in [-0.15, -0.1) is 0 Å². The van der Waals surface area contributed by atoms with Crippen molar-refractivity contribution in [2.75, 3.05) is 7.05 Å². The SMILES string of the molecule is C[NH-].[CH3-].[V+2]. The first kappa shape index (κ1) is 23.9. The minimum absolute atomic E-state index is 0. The summed E-state index contributed by atoms with van der Waals surface area (Å²) in [4.78, 5) is 0. The molecule has 0 fully saturated rings. The van der Waals surface area contributed by atoms with Gasteiger partial charge in [0.1, 0.15) is 0 Å². The van der Waals surface area contributed by atoms with Gasteiger partial charge in [0.05, 0.1) is 0 Å². The van der Waals surface area contributed by atoms with Gasteiger partial charge in [-0.3, -0.25) is 0 Å². The molecule has 0 aromatic heterocycles. The van der Waals surface area contributed by atoms with Crippen LogP contribution in [-0.2, 0) is 18.6 Å². The third-order valence-electron chi connectivity index (χ3n) is 0. The van der Waals surface area contributed by atoms with Gasteiger partial charge in [0.2, 0.25) is 0 Å². The summed E-state index contributed by atoms with van der Waals surface area (Å²) < 4.78 is 0. The number of nitrogens with one attached hydrogen (secondary N) is 1. The molecule has 25 valence electrons. The van der Waals surface area contributed by atoms with E-state index in [1.807, 2.05) is 0 Å². The van der Waals surface area contributed by atoms with Gasteiger partial charge in [0, 0.05) is 0 Å². The molecule has 0 rings (SSSR count). The molecule has 4 heavy (non-hydrogen) atoms. The molecular weight excluding hydrogens is 89.0 g/mol. The minimum atomic E-state index is 0. The van der Waals surface area contributed by atoms with Crippen molar-refractivity contribution < 1.29 is 18.6 Å². The van der Waals surface area contributed by atoms with Crippen molar-refractivity contribution in [2.24, 2.45) is 0 Å². The Morgan fingerprint density at radius 1 is 1.25 bits per heavy atom. The standard InChI is InChI=1S/CH4N.CH3.V/c1-2;;/h2H,1H3;1H3;/q2*-1;+2. The molecule has 0 saturated carbocycles. The van der Waals surface area contributed by atoms with Gasteiger partial charge >= 0.3 is 18.6 Å². The van der Waals surface area contributed by atoms with Crippen molar-refractivity contribution in [2.45, 2.75) is 0 Å². The van der Waals surface area contributed by atoms with E-state index in [4.69, 9.17) is 5.73 Å². The van der Waals surface area contributed by atoms with Gasteiger partial charge in [0.25, 0.3) is 0 Å². The monoisotopic (exact) mass is 96.0 g/mol. The summed E-state index contributed by atoms with van der Waals surface area (Å²) in [6, 6.07) is 0. The smallest absolute Gasteiger partial charge is 0.680 e. The van der Waals surface area contributed by atoms with E-state index < -0.39 is 0 Å². The van der Waals surface area contributed by atoms with Crippen molar-refractivity contribution in [1.82, 2.24) is 0 Å². The average molecular weight is 96.0 g/mol. The van der Waals surface area contributed by atoms with Crippen LogP contribution in [0.25, 0.3) is 5.73 Å². The van der Waals surface area contributed by atoms with E-state index in [0.29, 0.717) is 0 Å². The number of rotatable bonds is 0. The maximum Gasteiger partial charge on any atom is 2.00 e. The summed E-state index contributed by atoms with van der Waals surface area (Å²) in [6.07, 6.45) is 0. The van der Waals surface area contributed by atoms with Crippen LogP contribution in [0.5, 0.6) is 0 Å². The van der Waals surface area contributed by atoms with Crippen LogP contribution in [-0.4, -0.2) is 7.05 Å². The maximum atomic E-state index is 5.75. The Kier molecular flexibility index (Phi) is 463. The maximum absolute atomic E-state index is 5.75. The molecule has 0 heterocycles. The average Bonchev–Trinajstić information content (AvgIpc) is 1.00. The molecule has 0 aliphatic carbocycles. The molecule has 0 aliphatic heterocycles. The van der Waals surface area contributed by atoms with Crippen molar-refractivity contribution in [3.05, 3.63) is 13.2 Å². The fourth-order valence-corrected chi connectivity index (χ4v) is 0. The second-order valence-electron chi connectivity index (χ2n) is 0. The Morgan fingerprint density at radius 2 is 1.25 bits per heavy atom.